The zero-order valence-corrected chi connectivity index (χ0v) is 9.19. The molecule has 1 aliphatic rings. The number of nitrogens with zero attached hydrogens (tertiary/aromatic N) is 2. The highest BCUT2D eigenvalue weighted by atomic mass is 16.2. The van der Waals surface area contributed by atoms with E-state index >= 15 is 0 Å². The number of aliphatic hydroxyl groups is 1. The maximum absolute atomic E-state index is 7.57. The number of aromatic nitrogens is 1. The standard InChI is InChI=1S/C9H13N3.C2H6O/c10-8-3-4-9(11-7-8)12-5-1-2-6-12;1-2-3/h3-4,7H,1-2,5-6,10H2;3H,2H2,1H3. The number of hydrogen-bond donors (Lipinski definition) is 2. The van der Waals surface area contributed by atoms with Gasteiger partial charge >= 0.3 is 0 Å². The maximum Gasteiger partial charge on any atom is 0.128 e. The van der Waals surface area contributed by atoms with Crippen molar-refractivity contribution in [2.24, 2.45) is 0 Å². The van der Waals surface area contributed by atoms with Gasteiger partial charge in [-0.15, -0.1) is 0 Å². The van der Waals surface area contributed by atoms with Crippen LogP contribution in [0.4, 0.5) is 11.5 Å². The Morgan fingerprint density at radius 3 is 2.47 bits per heavy atom. The Kier molecular flexibility index (Phi) is 4.90. The summed E-state index contributed by atoms with van der Waals surface area (Å²) in [5.74, 6) is 1.06. The van der Waals surface area contributed by atoms with Gasteiger partial charge < -0.3 is 15.7 Å². The molecule has 1 aromatic rings. The highest BCUT2D eigenvalue weighted by Gasteiger charge is 2.12. The molecule has 0 bridgehead atoms. The first-order chi connectivity index (χ1) is 7.27. The second kappa shape index (κ2) is 6.24. The molecular weight excluding hydrogens is 190 g/mol. The van der Waals surface area contributed by atoms with Crippen LogP contribution in [0.1, 0.15) is 19.8 Å². The third-order valence-corrected chi connectivity index (χ3v) is 2.20. The van der Waals surface area contributed by atoms with Gasteiger partial charge in [-0.05, 0) is 31.9 Å². The lowest BCUT2D eigenvalue weighted by molar-refractivity contribution is 0.318. The van der Waals surface area contributed by atoms with Crippen molar-refractivity contribution in [1.82, 2.24) is 4.98 Å². The predicted molar refractivity (Wildman–Crippen MR) is 62.9 cm³/mol. The summed E-state index contributed by atoms with van der Waals surface area (Å²) in [4.78, 5) is 6.55. The average Bonchev–Trinajstić information content (AvgIpc) is 2.73. The summed E-state index contributed by atoms with van der Waals surface area (Å²) in [7, 11) is 0. The Balaban J connectivity index is 0.000000337. The van der Waals surface area contributed by atoms with Crippen LogP contribution >= 0.6 is 0 Å². The van der Waals surface area contributed by atoms with Crippen molar-refractivity contribution in [2.45, 2.75) is 19.8 Å². The van der Waals surface area contributed by atoms with Crippen LogP contribution in [0.15, 0.2) is 18.3 Å². The van der Waals surface area contributed by atoms with Gasteiger partial charge in [0.25, 0.3) is 0 Å². The molecule has 0 amide bonds. The van der Waals surface area contributed by atoms with E-state index in [1.54, 1.807) is 13.1 Å². The number of nitrogens with two attached hydrogens (primary N) is 1. The minimum absolute atomic E-state index is 0.250. The lowest BCUT2D eigenvalue weighted by atomic mass is 10.4. The molecular formula is C11H19N3O. The fourth-order valence-corrected chi connectivity index (χ4v) is 1.53. The first-order valence-corrected chi connectivity index (χ1v) is 5.35. The molecule has 2 rings (SSSR count). The van der Waals surface area contributed by atoms with Crippen LogP contribution in [-0.4, -0.2) is 29.8 Å². The van der Waals surface area contributed by atoms with E-state index in [2.05, 4.69) is 9.88 Å². The van der Waals surface area contributed by atoms with Crippen molar-refractivity contribution in [3.8, 4) is 0 Å². The van der Waals surface area contributed by atoms with E-state index in [1.807, 2.05) is 12.1 Å². The molecule has 0 saturated carbocycles. The molecule has 1 saturated heterocycles. The lowest BCUT2D eigenvalue weighted by Gasteiger charge is -2.15. The molecule has 1 fully saturated rings. The van der Waals surface area contributed by atoms with E-state index in [-0.39, 0.29) is 6.61 Å². The number of rotatable bonds is 1. The summed E-state index contributed by atoms with van der Waals surface area (Å²) in [6.07, 6.45) is 4.28. The summed E-state index contributed by atoms with van der Waals surface area (Å²) in [5.41, 5.74) is 6.28. The van der Waals surface area contributed by atoms with Crippen LogP contribution in [0.3, 0.4) is 0 Å². The zero-order chi connectivity index (χ0) is 11.1. The van der Waals surface area contributed by atoms with Gasteiger partial charge in [0.15, 0.2) is 0 Å². The molecule has 0 aromatic carbocycles. The van der Waals surface area contributed by atoms with Gasteiger partial charge in [0.2, 0.25) is 0 Å². The Hall–Kier alpha value is -1.29. The molecule has 0 spiro atoms. The van der Waals surface area contributed by atoms with Crippen LogP contribution in [-0.2, 0) is 0 Å². The average molecular weight is 209 g/mol. The fraction of sp³-hybridized carbons (Fsp3) is 0.545. The van der Waals surface area contributed by atoms with E-state index in [1.165, 1.54) is 12.8 Å². The fourth-order valence-electron chi connectivity index (χ4n) is 1.53. The normalized spacial score (nSPS) is 14.7. The molecule has 0 unspecified atom stereocenters. The number of nitrogen functional groups attached to an aromatic ring is 1. The number of anilines is 2. The summed E-state index contributed by atoms with van der Waals surface area (Å²) >= 11 is 0. The van der Waals surface area contributed by atoms with Crippen molar-refractivity contribution >= 4 is 11.5 Å². The molecule has 0 radical (unpaired) electrons. The smallest absolute Gasteiger partial charge is 0.128 e. The lowest BCUT2D eigenvalue weighted by Crippen LogP contribution is -2.18. The summed E-state index contributed by atoms with van der Waals surface area (Å²) in [5, 5.41) is 7.57. The van der Waals surface area contributed by atoms with Gasteiger partial charge in [-0.25, -0.2) is 4.98 Å². The molecule has 0 aliphatic carbocycles. The van der Waals surface area contributed by atoms with Crippen LogP contribution in [0.25, 0.3) is 0 Å². The van der Waals surface area contributed by atoms with Crippen molar-refractivity contribution < 1.29 is 5.11 Å². The largest absolute Gasteiger partial charge is 0.397 e. The van der Waals surface area contributed by atoms with Gasteiger partial charge in [-0.1, -0.05) is 0 Å². The van der Waals surface area contributed by atoms with E-state index in [0.717, 1.165) is 24.6 Å². The second-order valence-electron chi connectivity index (χ2n) is 3.46. The third kappa shape index (κ3) is 3.75. The number of pyridine rings is 1. The van der Waals surface area contributed by atoms with E-state index < -0.39 is 0 Å². The second-order valence-corrected chi connectivity index (χ2v) is 3.46. The molecule has 15 heavy (non-hydrogen) atoms. The Morgan fingerprint density at radius 1 is 1.40 bits per heavy atom. The Labute approximate surface area is 90.7 Å². The molecule has 0 atom stereocenters. The van der Waals surface area contributed by atoms with Gasteiger partial charge in [0.05, 0.1) is 11.9 Å². The van der Waals surface area contributed by atoms with Crippen molar-refractivity contribution in [3.63, 3.8) is 0 Å². The van der Waals surface area contributed by atoms with Crippen molar-refractivity contribution in [2.75, 3.05) is 30.3 Å². The van der Waals surface area contributed by atoms with E-state index in [4.69, 9.17) is 10.8 Å². The number of aliphatic hydroxyl groups excluding tert-OH is 1. The molecule has 2 heterocycles. The minimum Gasteiger partial charge on any atom is -0.397 e. The SMILES string of the molecule is CCO.Nc1ccc(N2CCCC2)nc1. The van der Waals surface area contributed by atoms with Crippen LogP contribution in [0.5, 0.6) is 0 Å². The molecule has 84 valence electrons. The van der Waals surface area contributed by atoms with Crippen LogP contribution in [0.2, 0.25) is 0 Å². The molecule has 4 nitrogen and oxygen atoms in total. The molecule has 3 N–H and O–H groups in total. The number of hydrogen-bond acceptors (Lipinski definition) is 4. The minimum atomic E-state index is 0.250. The third-order valence-electron chi connectivity index (χ3n) is 2.20. The predicted octanol–water partition coefficient (Wildman–Crippen LogP) is 1.26. The highest BCUT2D eigenvalue weighted by Crippen LogP contribution is 2.17. The molecule has 1 aliphatic heterocycles. The van der Waals surface area contributed by atoms with Crippen molar-refractivity contribution in [3.05, 3.63) is 18.3 Å². The maximum atomic E-state index is 7.57. The first-order valence-electron chi connectivity index (χ1n) is 5.35. The van der Waals surface area contributed by atoms with Crippen molar-refractivity contribution in [1.29, 1.82) is 0 Å². The highest BCUT2D eigenvalue weighted by molar-refractivity contribution is 5.46. The summed E-state index contributed by atoms with van der Waals surface area (Å²) in [6.45, 7) is 4.20. The summed E-state index contributed by atoms with van der Waals surface area (Å²) in [6, 6.07) is 3.89. The van der Waals surface area contributed by atoms with Gasteiger partial charge in [-0.3, -0.25) is 0 Å². The van der Waals surface area contributed by atoms with E-state index in [0.29, 0.717) is 0 Å². The van der Waals surface area contributed by atoms with Gasteiger partial charge in [0, 0.05) is 19.7 Å². The Morgan fingerprint density at radius 2 is 2.00 bits per heavy atom. The molecule has 1 aromatic heterocycles. The van der Waals surface area contributed by atoms with Crippen LogP contribution < -0.4 is 10.6 Å². The monoisotopic (exact) mass is 209 g/mol. The van der Waals surface area contributed by atoms with Gasteiger partial charge in [0.1, 0.15) is 5.82 Å². The zero-order valence-electron chi connectivity index (χ0n) is 9.19. The molecule has 4 heteroatoms. The van der Waals surface area contributed by atoms with Crippen LogP contribution in [0, 0.1) is 0 Å². The quantitative estimate of drug-likeness (QED) is 0.731. The Bertz CT molecular complexity index is 268. The topological polar surface area (TPSA) is 62.4 Å². The van der Waals surface area contributed by atoms with E-state index in [9.17, 15) is 0 Å². The van der Waals surface area contributed by atoms with Gasteiger partial charge in [-0.2, -0.15) is 0 Å². The first kappa shape index (κ1) is 11.8. The summed E-state index contributed by atoms with van der Waals surface area (Å²) < 4.78 is 0.